The molecule has 2 heterocycles. The summed E-state index contributed by atoms with van der Waals surface area (Å²) in [6.45, 7) is 8.58. The van der Waals surface area contributed by atoms with Crippen LogP contribution in [-0.4, -0.2) is 47.4 Å². The average molecular weight is 317 g/mol. The van der Waals surface area contributed by atoms with Crippen molar-refractivity contribution >= 4 is 5.78 Å². The molecule has 1 saturated heterocycles. The molecule has 0 saturated carbocycles. The van der Waals surface area contributed by atoms with Gasteiger partial charge in [0.2, 0.25) is 5.88 Å². The zero-order chi connectivity index (χ0) is 16.8. The number of carbonyl (C=O) groups is 1. The smallest absolute Gasteiger partial charge is 0.213 e. The summed E-state index contributed by atoms with van der Waals surface area (Å²) in [6, 6.07) is 3.13. The van der Waals surface area contributed by atoms with Gasteiger partial charge in [-0.1, -0.05) is 12.5 Å². The Morgan fingerprint density at radius 3 is 2.91 bits per heavy atom. The van der Waals surface area contributed by atoms with E-state index in [4.69, 9.17) is 10.5 Å². The molecule has 5 nitrogen and oxygen atoms in total. The molecule has 1 fully saturated rings. The second-order valence-corrected chi connectivity index (χ2v) is 6.21. The lowest BCUT2D eigenvalue weighted by Gasteiger charge is -2.27. The third-order valence-electron chi connectivity index (χ3n) is 4.28. The molecular formula is C18H27N3O2. The lowest BCUT2D eigenvalue weighted by Crippen LogP contribution is -2.48. The number of ether oxygens (including phenoxy) is 1. The Morgan fingerprint density at radius 1 is 1.52 bits per heavy atom. The number of nitrogens with two attached hydrogens (primary N) is 1. The molecular weight excluding hydrogens is 290 g/mol. The first-order valence-electron chi connectivity index (χ1n) is 8.29. The van der Waals surface area contributed by atoms with Gasteiger partial charge in [0, 0.05) is 23.9 Å². The van der Waals surface area contributed by atoms with E-state index < -0.39 is 6.04 Å². The highest BCUT2D eigenvalue weighted by molar-refractivity contribution is 6.00. The summed E-state index contributed by atoms with van der Waals surface area (Å²) in [6.07, 6.45) is 5.63. The van der Waals surface area contributed by atoms with E-state index in [9.17, 15) is 4.79 Å². The number of likely N-dealkylation sites (tertiary alicyclic amines) is 1. The van der Waals surface area contributed by atoms with Crippen molar-refractivity contribution in [2.75, 3.05) is 19.7 Å². The lowest BCUT2D eigenvalue weighted by atomic mass is 9.98. The Balaban J connectivity index is 1.98. The fourth-order valence-electron chi connectivity index (χ4n) is 2.92. The van der Waals surface area contributed by atoms with Crippen LogP contribution in [0.5, 0.6) is 5.88 Å². The molecule has 0 bridgehead atoms. The molecule has 1 aliphatic heterocycles. The van der Waals surface area contributed by atoms with E-state index in [0.29, 0.717) is 18.1 Å². The summed E-state index contributed by atoms with van der Waals surface area (Å²) in [5.41, 5.74) is 7.96. The first-order valence-corrected chi connectivity index (χ1v) is 8.29. The van der Waals surface area contributed by atoms with Gasteiger partial charge in [-0.2, -0.15) is 0 Å². The van der Waals surface area contributed by atoms with Crippen molar-refractivity contribution in [3.05, 3.63) is 35.5 Å². The minimum absolute atomic E-state index is 0.0429. The Bertz CT molecular complexity index is 550. The Kier molecular flexibility index (Phi) is 6.30. The molecule has 2 unspecified atom stereocenters. The Labute approximate surface area is 138 Å². The van der Waals surface area contributed by atoms with Crippen molar-refractivity contribution in [3.63, 3.8) is 0 Å². The molecule has 1 aromatic heterocycles. The van der Waals surface area contributed by atoms with E-state index in [-0.39, 0.29) is 11.8 Å². The minimum Gasteiger partial charge on any atom is -0.473 e. The molecule has 0 amide bonds. The number of allylic oxidation sites excluding steroid dienone is 1. The van der Waals surface area contributed by atoms with Crippen molar-refractivity contribution in [3.8, 4) is 5.88 Å². The maximum absolute atomic E-state index is 12.6. The quantitative estimate of drug-likeness (QED) is 0.618. The number of pyridine rings is 1. The van der Waals surface area contributed by atoms with Crippen molar-refractivity contribution in [2.45, 2.75) is 45.7 Å². The summed E-state index contributed by atoms with van der Waals surface area (Å²) in [5, 5.41) is 0. The highest BCUT2D eigenvalue weighted by Gasteiger charge is 2.33. The predicted octanol–water partition coefficient (Wildman–Crippen LogP) is 2.42. The van der Waals surface area contributed by atoms with Gasteiger partial charge >= 0.3 is 0 Å². The van der Waals surface area contributed by atoms with Gasteiger partial charge in [0.15, 0.2) is 5.78 Å². The molecule has 23 heavy (non-hydrogen) atoms. The number of hydrogen-bond acceptors (Lipinski definition) is 5. The van der Waals surface area contributed by atoms with Crippen molar-refractivity contribution in [2.24, 2.45) is 5.73 Å². The summed E-state index contributed by atoms with van der Waals surface area (Å²) in [5.74, 6) is 0.474. The molecule has 1 aliphatic rings. The molecule has 2 atom stereocenters. The molecule has 1 aromatic rings. The van der Waals surface area contributed by atoms with Gasteiger partial charge in [-0.25, -0.2) is 4.98 Å². The van der Waals surface area contributed by atoms with Crippen molar-refractivity contribution in [1.82, 2.24) is 9.88 Å². The number of Topliss-reactive ketones (excluding diaryl/α,β-unsaturated/α-hetero) is 1. The van der Waals surface area contributed by atoms with E-state index >= 15 is 0 Å². The maximum Gasteiger partial charge on any atom is 0.213 e. The van der Waals surface area contributed by atoms with Gasteiger partial charge in [0.1, 0.15) is 6.61 Å². The van der Waals surface area contributed by atoms with Gasteiger partial charge in [0.25, 0.3) is 0 Å². The van der Waals surface area contributed by atoms with Crippen LogP contribution in [0.25, 0.3) is 0 Å². The first kappa shape index (κ1) is 17.6. The molecule has 5 heteroatoms. The molecule has 126 valence electrons. The lowest BCUT2D eigenvalue weighted by molar-refractivity contribution is 0.0907. The highest BCUT2D eigenvalue weighted by Crippen LogP contribution is 2.21. The first-order chi connectivity index (χ1) is 11.0. The fourth-order valence-corrected chi connectivity index (χ4v) is 2.92. The summed E-state index contributed by atoms with van der Waals surface area (Å²) < 4.78 is 5.51. The average Bonchev–Trinajstić information content (AvgIpc) is 3.02. The largest absolute Gasteiger partial charge is 0.473 e. The third kappa shape index (κ3) is 4.62. The van der Waals surface area contributed by atoms with Crippen LogP contribution in [0.4, 0.5) is 0 Å². The summed E-state index contributed by atoms with van der Waals surface area (Å²) >= 11 is 0. The van der Waals surface area contributed by atoms with Crippen LogP contribution in [0.2, 0.25) is 0 Å². The number of nitrogens with zero attached hydrogens (tertiary/aromatic N) is 2. The number of ketones is 1. The Morgan fingerprint density at radius 2 is 2.30 bits per heavy atom. The SMILES string of the molecule is CCN1CCCC1C(N)C(=O)c1ccc(OCC=C(C)C)nc1. The maximum atomic E-state index is 12.6. The number of likely N-dealkylation sites (N-methyl/N-ethyl adjacent to an activating group) is 1. The standard InChI is InChI=1S/C18H27N3O2/c1-4-21-10-5-6-15(21)17(19)18(22)14-7-8-16(20-12-14)23-11-9-13(2)3/h7-9,12,15,17H,4-6,10-11,19H2,1-3H3. The minimum atomic E-state index is -0.489. The molecule has 2 rings (SSSR count). The number of carbonyl (C=O) groups excluding carboxylic acids is 1. The van der Waals surface area contributed by atoms with E-state index in [0.717, 1.165) is 25.9 Å². The number of rotatable bonds is 7. The molecule has 2 N–H and O–H groups in total. The molecule has 0 radical (unpaired) electrons. The van der Waals surface area contributed by atoms with Crippen LogP contribution in [0, 0.1) is 0 Å². The highest BCUT2D eigenvalue weighted by atomic mass is 16.5. The topological polar surface area (TPSA) is 68.5 Å². The van der Waals surface area contributed by atoms with E-state index in [1.165, 1.54) is 5.57 Å². The van der Waals surface area contributed by atoms with Crippen LogP contribution in [-0.2, 0) is 0 Å². The Hall–Kier alpha value is -1.72. The molecule has 0 spiro atoms. The predicted molar refractivity (Wildman–Crippen MR) is 91.7 cm³/mol. The summed E-state index contributed by atoms with van der Waals surface area (Å²) in [4.78, 5) is 19.1. The van der Waals surface area contributed by atoms with Gasteiger partial charge in [0.05, 0.1) is 6.04 Å². The van der Waals surface area contributed by atoms with E-state index in [1.54, 1.807) is 18.3 Å². The van der Waals surface area contributed by atoms with Crippen molar-refractivity contribution in [1.29, 1.82) is 0 Å². The number of hydrogen-bond donors (Lipinski definition) is 1. The van der Waals surface area contributed by atoms with E-state index in [2.05, 4.69) is 16.8 Å². The second kappa shape index (κ2) is 8.22. The van der Waals surface area contributed by atoms with Crippen LogP contribution >= 0.6 is 0 Å². The molecule has 0 aliphatic carbocycles. The van der Waals surface area contributed by atoms with Crippen LogP contribution in [0.3, 0.4) is 0 Å². The van der Waals surface area contributed by atoms with Gasteiger partial charge < -0.3 is 10.5 Å². The fraction of sp³-hybridized carbons (Fsp3) is 0.556. The molecule has 0 aromatic carbocycles. The van der Waals surface area contributed by atoms with E-state index in [1.807, 2.05) is 19.9 Å². The monoisotopic (exact) mass is 317 g/mol. The van der Waals surface area contributed by atoms with Crippen LogP contribution < -0.4 is 10.5 Å². The van der Waals surface area contributed by atoms with Crippen LogP contribution in [0.1, 0.15) is 44.0 Å². The van der Waals surface area contributed by atoms with Crippen LogP contribution in [0.15, 0.2) is 30.0 Å². The normalized spacial score (nSPS) is 19.4. The summed E-state index contributed by atoms with van der Waals surface area (Å²) in [7, 11) is 0. The van der Waals surface area contributed by atoms with Gasteiger partial charge in [-0.3, -0.25) is 9.69 Å². The second-order valence-electron chi connectivity index (χ2n) is 6.21. The van der Waals surface area contributed by atoms with Gasteiger partial charge in [-0.05, 0) is 51.9 Å². The van der Waals surface area contributed by atoms with Crippen molar-refractivity contribution < 1.29 is 9.53 Å². The van der Waals surface area contributed by atoms with Gasteiger partial charge in [-0.15, -0.1) is 0 Å². The third-order valence-corrected chi connectivity index (χ3v) is 4.28. The zero-order valence-corrected chi connectivity index (χ0v) is 14.3. The zero-order valence-electron chi connectivity index (χ0n) is 14.3. The number of aromatic nitrogens is 1.